The third kappa shape index (κ3) is 4.24. The number of aryl methyl sites for hydroxylation is 1. The Bertz CT molecular complexity index is 615. The Kier molecular flexibility index (Phi) is 6.27. The van der Waals surface area contributed by atoms with Crippen LogP contribution in [0.3, 0.4) is 0 Å². The second kappa shape index (κ2) is 8.64. The van der Waals surface area contributed by atoms with Gasteiger partial charge in [-0.3, -0.25) is 9.59 Å². The quantitative estimate of drug-likeness (QED) is 0.843. The zero-order chi connectivity index (χ0) is 18.5. The summed E-state index contributed by atoms with van der Waals surface area (Å²) < 4.78 is 1.99. The fourth-order valence-electron chi connectivity index (χ4n) is 4.20. The molecule has 0 spiro atoms. The molecule has 1 saturated heterocycles. The zero-order valence-electron chi connectivity index (χ0n) is 16.0. The number of amides is 2. The SMILES string of the molecule is CCCn1cnnc1[C@@H](C)NC(=O)C1CCN(C(=O)C2CCCC2)CC1. The van der Waals surface area contributed by atoms with E-state index in [1.807, 2.05) is 16.4 Å². The third-order valence-electron chi connectivity index (χ3n) is 5.74. The number of likely N-dealkylation sites (tertiary alicyclic amines) is 1. The van der Waals surface area contributed by atoms with E-state index in [2.05, 4.69) is 22.4 Å². The van der Waals surface area contributed by atoms with E-state index in [-0.39, 0.29) is 23.8 Å². The Hall–Kier alpha value is -1.92. The highest BCUT2D eigenvalue weighted by Gasteiger charge is 2.32. The molecule has 144 valence electrons. The number of hydrogen-bond donors (Lipinski definition) is 1. The van der Waals surface area contributed by atoms with Crippen molar-refractivity contribution in [2.75, 3.05) is 13.1 Å². The minimum atomic E-state index is -0.158. The number of aromatic nitrogens is 3. The maximum Gasteiger partial charge on any atom is 0.225 e. The molecule has 2 fully saturated rings. The Balaban J connectivity index is 1.48. The second-order valence-electron chi connectivity index (χ2n) is 7.69. The summed E-state index contributed by atoms with van der Waals surface area (Å²) in [5.41, 5.74) is 0. The van der Waals surface area contributed by atoms with Crippen LogP contribution in [0.15, 0.2) is 6.33 Å². The molecule has 2 aliphatic rings. The first-order valence-electron chi connectivity index (χ1n) is 10.1. The van der Waals surface area contributed by atoms with Gasteiger partial charge >= 0.3 is 0 Å². The molecule has 1 aromatic rings. The number of nitrogens with one attached hydrogen (secondary N) is 1. The molecule has 0 radical (unpaired) electrons. The van der Waals surface area contributed by atoms with E-state index in [4.69, 9.17) is 0 Å². The van der Waals surface area contributed by atoms with Gasteiger partial charge in [-0.05, 0) is 39.0 Å². The smallest absolute Gasteiger partial charge is 0.225 e. The lowest BCUT2D eigenvalue weighted by atomic mass is 9.94. The molecule has 3 rings (SSSR count). The number of rotatable bonds is 6. The summed E-state index contributed by atoms with van der Waals surface area (Å²) in [5.74, 6) is 1.38. The van der Waals surface area contributed by atoms with E-state index >= 15 is 0 Å². The summed E-state index contributed by atoms with van der Waals surface area (Å²) in [6.45, 7) is 6.31. The van der Waals surface area contributed by atoms with Crippen LogP contribution < -0.4 is 5.32 Å². The van der Waals surface area contributed by atoms with Gasteiger partial charge in [0.1, 0.15) is 6.33 Å². The first-order valence-corrected chi connectivity index (χ1v) is 10.1. The number of hydrogen-bond acceptors (Lipinski definition) is 4. The maximum atomic E-state index is 12.6. The largest absolute Gasteiger partial charge is 0.346 e. The van der Waals surface area contributed by atoms with Crippen LogP contribution in [0.25, 0.3) is 0 Å². The van der Waals surface area contributed by atoms with E-state index in [1.54, 1.807) is 6.33 Å². The summed E-state index contributed by atoms with van der Waals surface area (Å²) >= 11 is 0. The molecular weight excluding hydrogens is 330 g/mol. The molecule has 26 heavy (non-hydrogen) atoms. The highest BCUT2D eigenvalue weighted by atomic mass is 16.2. The number of piperidine rings is 1. The van der Waals surface area contributed by atoms with Crippen molar-refractivity contribution in [3.05, 3.63) is 12.2 Å². The monoisotopic (exact) mass is 361 g/mol. The van der Waals surface area contributed by atoms with Gasteiger partial charge in [-0.15, -0.1) is 10.2 Å². The standard InChI is InChI=1S/C19H31N5O2/c1-3-10-24-13-20-22-17(24)14(2)21-18(25)15-8-11-23(12-9-15)19(26)16-6-4-5-7-16/h13-16H,3-12H2,1-2H3,(H,21,25)/t14-/m1/s1. The molecular formula is C19H31N5O2. The first-order chi connectivity index (χ1) is 12.6. The van der Waals surface area contributed by atoms with Crippen molar-refractivity contribution in [1.82, 2.24) is 25.0 Å². The van der Waals surface area contributed by atoms with Crippen LogP contribution in [0.1, 0.15) is 70.7 Å². The second-order valence-corrected chi connectivity index (χ2v) is 7.69. The van der Waals surface area contributed by atoms with Crippen molar-refractivity contribution in [1.29, 1.82) is 0 Å². The maximum absolute atomic E-state index is 12.6. The Labute approximate surface area is 155 Å². The number of carbonyl (C=O) groups excluding carboxylic acids is 2. The van der Waals surface area contributed by atoms with Crippen molar-refractivity contribution in [2.45, 2.75) is 71.4 Å². The van der Waals surface area contributed by atoms with Gasteiger partial charge in [0.15, 0.2) is 5.82 Å². The van der Waals surface area contributed by atoms with Crippen molar-refractivity contribution in [3.8, 4) is 0 Å². The lowest BCUT2D eigenvalue weighted by Gasteiger charge is -2.33. The molecule has 7 heteroatoms. The van der Waals surface area contributed by atoms with Gasteiger partial charge in [-0.25, -0.2) is 0 Å². The van der Waals surface area contributed by atoms with E-state index in [0.29, 0.717) is 19.0 Å². The Morgan fingerprint density at radius 3 is 2.54 bits per heavy atom. The normalized spacial score (nSPS) is 20.3. The van der Waals surface area contributed by atoms with Gasteiger partial charge < -0.3 is 14.8 Å². The van der Waals surface area contributed by atoms with Crippen molar-refractivity contribution < 1.29 is 9.59 Å². The summed E-state index contributed by atoms with van der Waals surface area (Å²) in [6, 6.07) is -0.158. The summed E-state index contributed by atoms with van der Waals surface area (Å²) in [6.07, 6.45) is 8.64. The minimum Gasteiger partial charge on any atom is -0.346 e. The lowest BCUT2D eigenvalue weighted by molar-refractivity contribution is -0.139. The highest BCUT2D eigenvalue weighted by Crippen LogP contribution is 2.28. The molecule has 2 amide bonds. The van der Waals surface area contributed by atoms with Crippen molar-refractivity contribution in [3.63, 3.8) is 0 Å². The van der Waals surface area contributed by atoms with Gasteiger partial charge in [-0.1, -0.05) is 19.8 Å². The zero-order valence-corrected chi connectivity index (χ0v) is 16.0. The highest BCUT2D eigenvalue weighted by molar-refractivity contribution is 5.81. The molecule has 0 aromatic carbocycles. The molecule has 1 N–H and O–H groups in total. The fraction of sp³-hybridized carbons (Fsp3) is 0.789. The summed E-state index contributed by atoms with van der Waals surface area (Å²) in [5, 5.41) is 11.2. The van der Waals surface area contributed by atoms with Gasteiger partial charge in [-0.2, -0.15) is 0 Å². The summed E-state index contributed by atoms with van der Waals surface area (Å²) in [4.78, 5) is 27.1. The van der Waals surface area contributed by atoms with Crippen LogP contribution >= 0.6 is 0 Å². The predicted molar refractivity (Wildman–Crippen MR) is 98.1 cm³/mol. The molecule has 1 atom stereocenters. The molecule has 1 aliphatic heterocycles. The van der Waals surface area contributed by atoms with Crippen molar-refractivity contribution in [2.24, 2.45) is 11.8 Å². The van der Waals surface area contributed by atoms with Crippen LogP contribution in [0.2, 0.25) is 0 Å². The average molecular weight is 361 g/mol. The van der Waals surface area contributed by atoms with Crippen LogP contribution in [-0.4, -0.2) is 44.6 Å². The van der Waals surface area contributed by atoms with Crippen molar-refractivity contribution >= 4 is 11.8 Å². The van der Waals surface area contributed by atoms with Gasteiger partial charge in [0.2, 0.25) is 11.8 Å². The molecule has 2 heterocycles. The van der Waals surface area contributed by atoms with E-state index in [9.17, 15) is 9.59 Å². The molecule has 0 unspecified atom stereocenters. The van der Waals surface area contributed by atoms with E-state index in [0.717, 1.165) is 44.5 Å². The molecule has 1 aliphatic carbocycles. The first kappa shape index (κ1) is 18.9. The van der Waals surface area contributed by atoms with Crippen LogP contribution in [0, 0.1) is 11.8 Å². The summed E-state index contributed by atoms with van der Waals surface area (Å²) in [7, 11) is 0. The van der Waals surface area contributed by atoms with Gasteiger partial charge in [0.05, 0.1) is 6.04 Å². The van der Waals surface area contributed by atoms with Crippen LogP contribution in [0.4, 0.5) is 0 Å². The molecule has 0 bridgehead atoms. The van der Waals surface area contributed by atoms with E-state index in [1.165, 1.54) is 12.8 Å². The topological polar surface area (TPSA) is 80.1 Å². The Morgan fingerprint density at radius 1 is 1.19 bits per heavy atom. The van der Waals surface area contributed by atoms with E-state index < -0.39 is 0 Å². The van der Waals surface area contributed by atoms with Gasteiger partial charge in [0, 0.05) is 31.5 Å². The fourth-order valence-corrected chi connectivity index (χ4v) is 4.20. The minimum absolute atomic E-state index is 0.0207. The Morgan fingerprint density at radius 2 is 1.88 bits per heavy atom. The molecule has 1 saturated carbocycles. The number of carbonyl (C=O) groups is 2. The van der Waals surface area contributed by atoms with Crippen LogP contribution in [0.5, 0.6) is 0 Å². The average Bonchev–Trinajstić information content (AvgIpc) is 3.33. The lowest BCUT2D eigenvalue weighted by Crippen LogP contribution is -2.45. The number of nitrogens with zero attached hydrogens (tertiary/aromatic N) is 4. The molecule has 7 nitrogen and oxygen atoms in total. The molecule has 1 aromatic heterocycles. The predicted octanol–water partition coefficient (Wildman–Crippen LogP) is 2.29. The van der Waals surface area contributed by atoms with Gasteiger partial charge in [0.25, 0.3) is 0 Å². The third-order valence-corrected chi connectivity index (χ3v) is 5.74. The van der Waals surface area contributed by atoms with Crippen LogP contribution in [-0.2, 0) is 16.1 Å².